The van der Waals surface area contributed by atoms with Crippen molar-refractivity contribution in [1.82, 2.24) is 9.55 Å². The van der Waals surface area contributed by atoms with E-state index < -0.39 is 27.2 Å². The smallest absolute Gasteiger partial charge is 0.329 e. The summed E-state index contributed by atoms with van der Waals surface area (Å²) >= 11 is 1.21. The average Bonchev–Trinajstić information content (AvgIpc) is 2.79. The predicted octanol–water partition coefficient (Wildman–Crippen LogP) is -0.575. The van der Waals surface area contributed by atoms with E-state index in [2.05, 4.69) is 0 Å². The van der Waals surface area contributed by atoms with Crippen LogP contribution in [0.15, 0.2) is 15.8 Å². The Kier molecular flexibility index (Phi) is 3.60. The summed E-state index contributed by atoms with van der Waals surface area (Å²) in [4.78, 5) is 24.4. The van der Waals surface area contributed by atoms with Crippen LogP contribution in [-0.2, 0) is 0 Å². The monoisotopic (exact) mass is 276 g/mol. The van der Waals surface area contributed by atoms with E-state index in [1.54, 1.807) is 0 Å². The number of thioether (sulfide) groups is 1. The van der Waals surface area contributed by atoms with Gasteiger partial charge in [-0.1, -0.05) is 0 Å². The van der Waals surface area contributed by atoms with E-state index in [-0.39, 0.29) is 13.2 Å². The topological polar surface area (TPSA) is 95.3 Å². The fourth-order valence-corrected chi connectivity index (χ4v) is 3.41. The third kappa shape index (κ3) is 2.23. The lowest BCUT2D eigenvalue weighted by molar-refractivity contribution is 0.170. The number of aromatic nitrogens is 2. The van der Waals surface area contributed by atoms with Crippen LogP contribution in [0.1, 0.15) is 18.2 Å². The van der Waals surface area contributed by atoms with E-state index in [9.17, 15) is 24.2 Å². The standard InChI is InChI=1S/C10H13FN2O4S/c11-6-3-13(9(17)12-8(6)16)7-1-2-10(4-14,5-15)18-7/h3,7,14-15H,1-2,4-5H2,(H,12,16,17)/t7-/m1/s1. The van der Waals surface area contributed by atoms with Crippen LogP contribution in [0.3, 0.4) is 0 Å². The molecule has 1 aliphatic heterocycles. The van der Waals surface area contributed by atoms with E-state index >= 15 is 0 Å². The van der Waals surface area contributed by atoms with Crippen LogP contribution >= 0.6 is 11.8 Å². The maximum atomic E-state index is 13.2. The fraction of sp³-hybridized carbons (Fsp3) is 0.600. The highest BCUT2D eigenvalue weighted by Gasteiger charge is 2.40. The van der Waals surface area contributed by atoms with Gasteiger partial charge >= 0.3 is 5.69 Å². The number of aliphatic hydroxyl groups excluding tert-OH is 2. The molecule has 3 N–H and O–H groups in total. The highest BCUT2D eigenvalue weighted by Crippen LogP contribution is 2.48. The van der Waals surface area contributed by atoms with Crippen LogP contribution in [0.25, 0.3) is 0 Å². The maximum Gasteiger partial charge on any atom is 0.329 e. The molecule has 1 atom stereocenters. The van der Waals surface area contributed by atoms with Crippen LogP contribution in [-0.4, -0.2) is 37.7 Å². The lowest BCUT2D eigenvalue weighted by Crippen LogP contribution is -2.33. The third-order valence-corrected chi connectivity index (χ3v) is 4.74. The van der Waals surface area contributed by atoms with Crippen LogP contribution in [0, 0.1) is 5.82 Å². The van der Waals surface area contributed by atoms with Crippen molar-refractivity contribution < 1.29 is 14.6 Å². The third-order valence-electron chi connectivity index (χ3n) is 3.04. The van der Waals surface area contributed by atoms with Gasteiger partial charge in [0.15, 0.2) is 0 Å². The van der Waals surface area contributed by atoms with Gasteiger partial charge in [0.25, 0.3) is 5.56 Å². The number of aromatic amines is 1. The molecule has 0 aliphatic carbocycles. The summed E-state index contributed by atoms with van der Waals surface area (Å²) in [7, 11) is 0. The summed E-state index contributed by atoms with van der Waals surface area (Å²) in [5.41, 5.74) is -1.74. The molecule has 0 bridgehead atoms. The van der Waals surface area contributed by atoms with Crippen molar-refractivity contribution in [3.8, 4) is 0 Å². The molecule has 1 saturated heterocycles. The number of hydrogen-bond donors (Lipinski definition) is 3. The molecule has 0 amide bonds. The number of H-pyrrole nitrogens is 1. The molecule has 1 fully saturated rings. The molecule has 0 saturated carbocycles. The van der Waals surface area contributed by atoms with Gasteiger partial charge in [-0.3, -0.25) is 14.3 Å². The molecule has 6 nitrogen and oxygen atoms in total. The minimum absolute atomic E-state index is 0.217. The van der Waals surface area contributed by atoms with E-state index in [0.29, 0.717) is 12.8 Å². The number of rotatable bonds is 3. The Morgan fingerprint density at radius 3 is 2.72 bits per heavy atom. The van der Waals surface area contributed by atoms with Gasteiger partial charge in [0.2, 0.25) is 5.82 Å². The van der Waals surface area contributed by atoms with Gasteiger partial charge in [-0.05, 0) is 12.8 Å². The van der Waals surface area contributed by atoms with Crippen molar-refractivity contribution >= 4 is 11.8 Å². The molecule has 0 aromatic carbocycles. The number of halogens is 1. The molecule has 0 radical (unpaired) electrons. The van der Waals surface area contributed by atoms with Crippen molar-refractivity contribution in [1.29, 1.82) is 0 Å². The predicted molar refractivity (Wildman–Crippen MR) is 64.0 cm³/mol. The zero-order valence-electron chi connectivity index (χ0n) is 9.43. The molecule has 1 aromatic rings. The Balaban J connectivity index is 2.33. The molecule has 2 heterocycles. The first-order valence-electron chi connectivity index (χ1n) is 5.42. The van der Waals surface area contributed by atoms with E-state index in [1.165, 1.54) is 11.8 Å². The van der Waals surface area contributed by atoms with Gasteiger partial charge in [0, 0.05) is 0 Å². The van der Waals surface area contributed by atoms with Gasteiger partial charge in [-0.2, -0.15) is 4.39 Å². The van der Waals surface area contributed by atoms with Crippen molar-refractivity contribution in [3.05, 3.63) is 32.9 Å². The quantitative estimate of drug-likeness (QED) is 0.687. The minimum atomic E-state index is -1.05. The first kappa shape index (κ1) is 13.3. The highest BCUT2D eigenvalue weighted by atomic mass is 32.2. The summed E-state index contributed by atoms with van der Waals surface area (Å²) < 4.78 is 13.5. The Hall–Kier alpha value is -1.12. The second-order valence-corrected chi connectivity index (χ2v) is 5.90. The van der Waals surface area contributed by atoms with Gasteiger partial charge in [-0.25, -0.2) is 4.79 Å². The number of nitrogens with zero attached hydrogens (tertiary/aromatic N) is 1. The zero-order valence-corrected chi connectivity index (χ0v) is 10.2. The Bertz CT molecular complexity index is 552. The molecule has 18 heavy (non-hydrogen) atoms. The SMILES string of the molecule is O=c1[nH]c(=O)n([C@H]2CCC(CO)(CO)S2)cc1F. The van der Waals surface area contributed by atoms with Crippen molar-refractivity contribution in [2.24, 2.45) is 0 Å². The van der Waals surface area contributed by atoms with Crippen molar-refractivity contribution in [3.63, 3.8) is 0 Å². The molecule has 0 unspecified atom stereocenters. The largest absolute Gasteiger partial charge is 0.395 e. The molecular weight excluding hydrogens is 263 g/mol. The summed E-state index contributed by atoms with van der Waals surface area (Å²) in [6.07, 6.45) is 1.89. The number of hydrogen-bond acceptors (Lipinski definition) is 5. The highest BCUT2D eigenvalue weighted by molar-refractivity contribution is 8.01. The molecular formula is C10H13FN2O4S. The van der Waals surface area contributed by atoms with Gasteiger partial charge in [0.05, 0.1) is 29.5 Å². The van der Waals surface area contributed by atoms with Crippen LogP contribution in [0.4, 0.5) is 4.39 Å². The molecule has 8 heteroatoms. The second kappa shape index (κ2) is 4.87. The van der Waals surface area contributed by atoms with Crippen LogP contribution in [0.5, 0.6) is 0 Å². The molecule has 2 rings (SSSR count). The molecule has 1 aliphatic rings. The fourth-order valence-electron chi connectivity index (χ4n) is 1.95. The summed E-state index contributed by atoms with van der Waals surface area (Å²) in [6, 6.07) is 0. The second-order valence-electron chi connectivity index (χ2n) is 4.25. The maximum absolute atomic E-state index is 13.2. The van der Waals surface area contributed by atoms with E-state index in [0.717, 1.165) is 10.8 Å². The van der Waals surface area contributed by atoms with Crippen molar-refractivity contribution in [2.75, 3.05) is 13.2 Å². The first-order valence-corrected chi connectivity index (χ1v) is 6.30. The number of aliphatic hydroxyl groups is 2. The average molecular weight is 276 g/mol. The Labute approximate surface area is 105 Å². The van der Waals surface area contributed by atoms with Gasteiger partial charge < -0.3 is 10.2 Å². The number of nitrogens with one attached hydrogen (secondary N) is 1. The summed E-state index contributed by atoms with van der Waals surface area (Å²) in [6.45, 7) is -0.434. The molecule has 100 valence electrons. The van der Waals surface area contributed by atoms with Crippen LogP contribution < -0.4 is 11.2 Å². The van der Waals surface area contributed by atoms with E-state index in [1.807, 2.05) is 4.98 Å². The lowest BCUT2D eigenvalue weighted by Gasteiger charge is -2.23. The van der Waals surface area contributed by atoms with Crippen molar-refractivity contribution in [2.45, 2.75) is 23.0 Å². The van der Waals surface area contributed by atoms with Gasteiger partial charge in [-0.15, -0.1) is 11.8 Å². The lowest BCUT2D eigenvalue weighted by atomic mass is 10.1. The first-order chi connectivity index (χ1) is 8.51. The summed E-state index contributed by atoms with van der Waals surface area (Å²) in [5, 5.41) is 18.1. The zero-order chi connectivity index (χ0) is 13.3. The normalized spacial score (nSPS) is 22.3. The van der Waals surface area contributed by atoms with E-state index in [4.69, 9.17) is 0 Å². The summed E-state index contributed by atoms with van der Waals surface area (Å²) in [5.74, 6) is -1.03. The minimum Gasteiger partial charge on any atom is -0.395 e. The molecule has 1 aromatic heterocycles. The Morgan fingerprint density at radius 1 is 1.50 bits per heavy atom. The van der Waals surface area contributed by atoms with Crippen LogP contribution in [0.2, 0.25) is 0 Å². The Morgan fingerprint density at radius 2 is 2.17 bits per heavy atom. The molecule has 0 spiro atoms. The van der Waals surface area contributed by atoms with Gasteiger partial charge in [0.1, 0.15) is 0 Å².